The number of nitriles is 1. The summed E-state index contributed by atoms with van der Waals surface area (Å²) in [5.74, 6) is -3.87. The summed E-state index contributed by atoms with van der Waals surface area (Å²) in [7, 11) is 1.14. The predicted octanol–water partition coefficient (Wildman–Crippen LogP) is 1.79. The van der Waals surface area contributed by atoms with E-state index >= 15 is 0 Å². The van der Waals surface area contributed by atoms with Gasteiger partial charge in [-0.25, -0.2) is 13.6 Å². The molecule has 0 radical (unpaired) electrons. The molecule has 0 bridgehead atoms. The molecule has 1 aromatic rings. The maximum Gasteiger partial charge on any atom is 0.328 e. The molecule has 0 heterocycles. The Hall–Kier alpha value is -2.49. The molecule has 0 unspecified atom stereocenters. The van der Waals surface area contributed by atoms with Crippen molar-refractivity contribution >= 4 is 11.9 Å². The smallest absolute Gasteiger partial charge is 0.328 e. The average Bonchev–Trinajstić information content (AvgIpc) is 2.42. The van der Waals surface area contributed by atoms with Crippen LogP contribution in [0.2, 0.25) is 0 Å². The average molecular weight is 296 g/mol. The van der Waals surface area contributed by atoms with Crippen molar-refractivity contribution in [3.63, 3.8) is 0 Å². The van der Waals surface area contributed by atoms with Gasteiger partial charge in [0, 0.05) is 24.0 Å². The first-order valence-corrected chi connectivity index (χ1v) is 6.10. The largest absolute Gasteiger partial charge is 0.467 e. The molecule has 5 nitrogen and oxygen atoms in total. The SMILES string of the molecule is COC(=O)[C@@H](NC(=O)c1cc(F)cc(F)c1)[C@H](C)CC#N. The third-order valence-electron chi connectivity index (χ3n) is 2.85. The van der Waals surface area contributed by atoms with Gasteiger partial charge >= 0.3 is 5.97 Å². The highest BCUT2D eigenvalue weighted by molar-refractivity contribution is 5.96. The van der Waals surface area contributed by atoms with Crippen molar-refractivity contribution in [1.82, 2.24) is 5.32 Å². The van der Waals surface area contributed by atoms with Gasteiger partial charge in [-0.3, -0.25) is 4.79 Å². The number of rotatable bonds is 5. The lowest BCUT2D eigenvalue weighted by molar-refractivity contribution is -0.144. The molecule has 0 aliphatic carbocycles. The van der Waals surface area contributed by atoms with Gasteiger partial charge in [-0.1, -0.05) is 6.92 Å². The number of methoxy groups -OCH3 is 1. The van der Waals surface area contributed by atoms with Gasteiger partial charge < -0.3 is 10.1 Å². The fourth-order valence-electron chi connectivity index (χ4n) is 1.73. The zero-order valence-electron chi connectivity index (χ0n) is 11.5. The fourth-order valence-corrected chi connectivity index (χ4v) is 1.73. The molecular weight excluding hydrogens is 282 g/mol. The zero-order chi connectivity index (χ0) is 16.0. The van der Waals surface area contributed by atoms with E-state index in [0.717, 1.165) is 19.2 Å². The number of ether oxygens (including phenoxy) is 1. The number of carbonyl (C=O) groups excluding carboxylic acids is 2. The van der Waals surface area contributed by atoms with Crippen molar-refractivity contribution in [2.45, 2.75) is 19.4 Å². The number of hydrogen-bond acceptors (Lipinski definition) is 4. The highest BCUT2D eigenvalue weighted by atomic mass is 19.1. The van der Waals surface area contributed by atoms with Crippen LogP contribution in [0.25, 0.3) is 0 Å². The summed E-state index contributed by atoms with van der Waals surface area (Å²) in [5.41, 5.74) is -0.259. The van der Waals surface area contributed by atoms with Crippen molar-refractivity contribution in [3.8, 4) is 6.07 Å². The Balaban J connectivity index is 2.95. The van der Waals surface area contributed by atoms with E-state index in [2.05, 4.69) is 10.1 Å². The van der Waals surface area contributed by atoms with Crippen LogP contribution in [0.15, 0.2) is 18.2 Å². The molecule has 0 saturated heterocycles. The van der Waals surface area contributed by atoms with Gasteiger partial charge in [-0.05, 0) is 12.1 Å². The topological polar surface area (TPSA) is 79.2 Å². The molecule has 0 spiro atoms. The highest BCUT2D eigenvalue weighted by Gasteiger charge is 2.28. The molecule has 0 aromatic heterocycles. The molecular formula is C14H14F2N2O3. The molecule has 0 saturated carbocycles. The van der Waals surface area contributed by atoms with Crippen molar-refractivity contribution in [2.24, 2.45) is 5.92 Å². The molecule has 1 amide bonds. The van der Waals surface area contributed by atoms with Crippen LogP contribution < -0.4 is 5.32 Å². The van der Waals surface area contributed by atoms with E-state index in [9.17, 15) is 18.4 Å². The number of amides is 1. The summed E-state index contributed by atoms with van der Waals surface area (Å²) in [4.78, 5) is 23.6. The van der Waals surface area contributed by atoms with Gasteiger partial charge in [0.25, 0.3) is 5.91 Å². The van der Waals surface area contributed by atoms with E-state index in [1.807, 2.05) is 6.07 Å². The molecule has 112 valence electrons. The third kappa shape index (κ3) is 4.53. The molecule has 7 heteroatoms. The predicted molar refractivity (Wildman–Crippen MR) is 69.0 cm³/mol. The molecule has 0 aliphatic rings. The first-order valence-electron chi connectivity index (χ1n) is 6.10. The molecule has 1 aromatic carbocycles. The molecule has 0 fully saturated rings. The summed E-state index contributed by atoms with van der Waals surface area (Å²) in [6, 6.07) is 3.13. The fraction of sp³-hybridized carbons (Fsp3) is 0.357. The van der Waals surface area contributed by atoms with Crippen LogP contribution in [0.5, 0.6) is 0 Å². The van der Waals surface area contributed by atoms with Gasteiger partial charge in [0.15, 0.2) is 0 Å². The standard InChI is InChI=1S/C14H14F2N2O3/c1-8(3-4-17)12(14(20)21-2)18-13(19)9-5-10(15)7-11(16)6-9/h5-8,12H,3H2,1-2H3,(H,18,19)/t8-,12+/m1/s1. The summed E-state index contributed by atoms with van der Waals surface area (Å²) in [6.07, 6.45) is 0.0115. The number of esters is 1. The Labute approximate surface area is 120 Å². The summed E-state index contributed by atoms with van der Waals surface area (Å²) < 4.78 is 30.7. The quantitative estimate of drug-likeness (QED) is 0.840. The van der Waals surface area contributed by atoms with Crippen LogP contribution in [-0.2, 0) is 9.53 Å². The van der Waals surface area contributed by atoms with E-state index in [-0.39, 0.29) is 12.0 Å². The molecule has 21 heavy (non-hydrogen) atoms. The Bertz CT molecular complexity index is 564. The molecule has 0 aliphatic heterocycles. The Morgan fingerprint density at radius 1 is 1.33 bits per heavy atom. The summed E-state index contributed by atoms with van der Waals surface area (Å²) in [5, 5.41) is 11.0. The normalized spacial score (nSPS) is 12.9. The second kappa shape index (κ2) is 7.33. The second-order valence-electron chi connectivity index (χ2n) is 4.47. The van der Waals surface area contributed by atoms with Gasteiger partial charge in [0.2, 0.25) is 0 Å². The third-order valence-corrected chi connectivity index (χ3v) is 2.85. The van der Waals surface area contributed by atoms with Gasteiger partial charge in [0.05, 0.1) is 13.2 Å². The van der Waals surface area contributed by atoms with Crippen molar-refractivity contribution in [3.05, 3.63) is 35.4 Å². The maximum absolute atomic E-state index is 13.1. The van der Waals surface area contributed by atoms with Crippen molar-refractivity contribution in [1.29, 1.82) is 5.26 Å². The van der Waals surface area contributed by atoms with E-state index in [1.165, 1.54) is 0 Å². The number of halogens is 2. The van der Waals surface area contributed by atoms with Crippen LogP contribution in [0.1, 0.15) is 23.7 Å². The van der Waals surface area contributed by atoms with E-state index in [0.29, 0.717) is 6.07 Å². The number of hydrogen-bond donors (Lipinski definition) is 1. The zero-order valence-corrected chi connectivity index (χ0v) is 11.5. The van der Waals surface area contributed by atoms with Crippen molar-refractivity contribution < 1.29 is 23.1 Å². The lowest BCUT2D eigenvalue weighted by atomic mass is 9.98. The Morgan fingerprint density at radius 3 is 2.38 bits per heavy atom. The van der Waals surface area contributed by atoms with E-state index < -0.39 is 35.5 Å². The van der Waals surface area contributed by atoms with Gasteiger partial charge in [0.1, 0.15) is 17.7 Å². The highest BCUT2D eigenvalue weighted by Crippen LogP contribution is 2.12. The summed E-state index contributed by atoms with van der Waals surface area (Å²) >= 11 is 0. The van der Waals surface area contributed by atoms with E-state index in [4.69, 9.17) is 5.26 Å². The first-order chi connectivity index (χ1) is 9.88. The number of benzene rings is 1. The van der Waals surface area contributed by atoms with Crippen molar-refractivity contribution in [2.75, 3.05) is 7.11 Å². The minimum absolute atomic E-state index is 0.0115. The number of nitrogens with one attached hydrogen (secondary N) is 1. The van der Waals surface area contributed by atoms with Gasteiger partial charge in [-0.2, -0.15) is 5.26 Å². The van der Waals surface area contributed by atoms with Crippen LogP contribution in [-0.4, -0.2) is 25.0 Å². The monoisotopic (exact) mass is 296 g/mol. The number of carbonyl (C=O) groups is 2. The molecule has 1 rings (SSSR count). The minimum atomic E-state index is -1.08. The molecule has 2 atom stereocenters. The lowest BCUT2D eigenvalue weighted by Gasteiger charge is -2.21. The van der Waals surface area contributed by atoms with Gasteiger partial charge in [-0.15, -0.1) is 0 Å². The van der Waals surface area contributed by atoms with Crippen LogP contribution in [0, 0.1) is 28.9 Å². The van der Waals surface area contributed by atoms with Crippen LogP contribution >= 0.6 is 0 Å². The summed E-state index contributed by atoms with van der Waals surface area (Å²) in [6.45, 7) is 1.58. The van der Waals surface area contributed by atoms with Crippen LogP contribution in [0.4, 0.5) is 8.78 Å². The number of nitrogens with zero attached hydrogens (tertiary/aromatic N) is 1. The Morgan fingerprint density at radius 2 is 1.90 bits per heavy atom. The second-order valence-corrected chi connectivity index (χ2v) is 4.47. The van der Waals surface area contributed by atoms with E-state index in [1.54, 1.807) is 6.92 Å². The minimum Gasteiger partial charge on any atom is -0.467 e. The molecule has 1 N–H and O–H groups in total. The van der Waals surface area contributed by atoms with Crippen LogP contribution in [0.3, 0.4) is 0 Å². The first kappa shape index (κ1) is 16.6. The Kier molecular flexibility index (Phi) is 5.79. The maximum atomic E-state index is 13.1. The lowest BCUT2D eigenvalue weighted by Crippen LogP contribution is -2.45.